The molecule has 4 aliphatic rings. The van der Waals surface area contributed by atoms with Crippen LogP contribution in [0.3, 0.4) is 0 Å². The number of ketones is 2. The molecule has 72 heavy (non-hydrogen) atoms. The van der Waals surface area contributed by atoms with Crippen LogP contribution in [0.4, 0.5) is 5.69 Å². The lowest BCUT2D eigenvalue weighted by Gasteiger charge is -2.43. The summed E-state index contributed by atoms with van der Waals surface area (Å²) < 4.78 is 29.9. The molecule has 2 saturated heterocycles. The van der Waals surface area contributed by atoms with Gasteiger partial charge in [-0.3, -0.25) is 14.4 Å². The van der Waals surface area contributed by atoms with Crippen LogP contribution >= 0.6 is 0 Å². The van der Waals surface area contributed by atoms with Crippen LogP contribution < -0.4 is 10.1 Å². The Balaban J connectivity index is 1.49. The lowest BCUT2D eigenvalue weighted by atomic mass is 9.78. The lowest BCUT2D eigenvalue weighted by molar-refractivity contribution is -0.263. The van der Waals surface area contributed by atoms with E-state index in [0.29, 0.717) is 95.0 Å². The molecule has 4 N–H and O–H groups in total. The molecule has 3 aliphatic heterocycles. The highest BCUT2D eigenvalue weighted by atomic mass is 16.6. The molecular formula is C58H88N2O12. The standard InChI is InChI=1S/C58H88N2O12/c1-11-70-45-21-17-20-44(34-45)59-47-35-46-26-24-42(8)58(67,72-46)55(64)56(65)60-29-16-15-22-48(60)57(66)71-50(39(5)32-43-25-27-49(61)51(33-43)68-9)28-23-37(3)31-41(7)53(63)54(69-10)52(62)40(6)30-36(2)18-13-12-14-19-38(47)4/h12-14,17-21,31,34,36-37,39-40,42-43,46-51,53-54,59,61,63,67H,11,15-16,22-30,32-33,35H2,1-10H3/b14-12+,18-13+,38-19+,41-31+/t36-,37+,39-,40-,42-,43-,46+,47-,48+,49-,50+,51-,53-,54+,58-/m1/s1. The molecule has 1 aromatic rings. The summed E-state index contributed by atoms with van der Waals surface area (Å²) in [4.78, 5) is 58.7. The zero-order chi connectivity index (χ0) is 52.7. The number of cyclic esters (lactones) is 1. The molecule has 0 radical (unpaired) electrons. The second kappa shape index (κ2) is 27.9. The molecule has 1 aliphatic carbocycles. The van der Waals surface area contributed by atoms with E-state index < -0.39 is 65.9 Å². The number of benzene rings is 1. The largest absolute Gasteiger partial charge is 0.494 e. The molecule has 5 rings (SSSR count). The van der Waals surface area contributed by atoms with E-state index >= 15 is 0 Å². The van der Waals surface area contributed by atoms with Crippen LogP contribution in [0, 0.1) is 35.5 Å². The van der Waals surface area contributed by atoms with Crippen molar-refractivity contribution in [1.29, 1.82) is 0 Å². The fourth-order valence-electron chi connectivity index (χ4n) is 11.3. The molecule has 1 aromatic carbocycles. The third-order valence-electron chi connectivity index (χ3n) is 15.8. The summed E-state index contributed by atoms with van der Waals surface area (Å²) in [5.74, 6) is -5.54. The molecule has 14 nitrogen and oxygen atoms in total. The van der Waals surface area contributed by atoms with Crippen LogP contribution in [-0.4, -0.2) is 126 Å². The number of nitrogens with one attached hydrogen (secondary N) is 1. The highest BCUT2D eigenvalue weighted by molar-refractivity contribution is 6.39. The predicted octanol–water partition coefficient (Wildman–Crippen LogP) is 8.87. The molecule has 1 saturated carbocycles. The molecule has 2 bridgehead atoms. The van der Waals surface area contributed by atoms with E-state index in [2.05, 4.69) is 19.2 Å². The summed E-state index contributed by atoms with van der Waals surface area (Å²) in [5, 5.41) is 38.0. The van der Waals surface area contributed by atoms with Crippen LogP contribution in [0.25, 0.3) is 0 Å². The highest BCUT2D eigenvalue weighted by Crippen LogP contribution is 2.38. The Labute approximate surface area is 430 Å². The van der Waals surface area contributed by atoms with Crippen molar-refractivity contribution in [3.8, 4) is 5.75 Å². The predicted molar refractivity (Wildman–Crippen MR) is 279 cm³/mol. The van der Waals surface area contributed by atoms with Gasteiger partial charge in [-0.1, -0.05) is 82.7 Å². The average Bonchev–Trinajstić information content (AvgIpc) is 3.35. The molecule has 3 fully saturated rings. The summed E-state index contributed by atoms with van der Waals surface area (Å²) in [6.07, 6.45) is 14.9. The van der Waals surface area contributed by atoms with Crippen molar-refractivity contribution in [2.75, 3.05) is 32.7 Å². The van der Waals surface area contributed by atoms with Gasteiger partial charge in [0.2, 0.25) is 5.79 Å². The number of anilines is 1. The first kappa shape index (κ1) is 58.7. The number of methoxy groups -OCH3 is 2. The number of Topliss-reactive ketones (excluding diaryl/α,β-unsaturated/α-hetero) is 2. The van der Waals surface area contributed by atoms with Crippen LogP contribution in [0.15, 0.2) is 71.9 Å². The van der Waals surface area contributed by atoms with Gasteiger partial charge in [-0.2, -0.15) is 0 Å². The molecule has 0 spiro atoms. The van der Waals surface area contributed by atoms with Gasteiger partial charge in [0.05, 0.1) is 24.9 Å². The molecule has 402 valence electrons. The molecule has 3 heterocycles. The molecule has 1 amide bonds. The van der Waals surface area contributed by atoms with Gasteiger partial charge < -0.3 is 49.2 Å². The van der Waals surface area contributed by atoms with Crippen molar-refractivity contribution >= 4 is 29.1 Å². The summed E-state index contributed by atoms with van der Waals surface area (Å²) >= 11 is 0. The number of piperidine rings is 1. The summed E-state index contributed by atoms with van der Waals surface area (Å²) in [6, 6.07) is 6.30. The Morgan fingerprint density at radius 2 is 1.62 bits per heavy atom. The molecule has 0 unspecified atom stereocenters. The molecule has 0 aromatic heterocycles. The number of carbonyl (C=O) groups excluding carboxylic acids is 4. The van der Waals surface area contributed by atoms with E-state index in [0.717, 1.165) is 17.7 Å². The number of amides is 1. The number of nitrogens with zero attached hydrogens (tertiary/aromatic N) is 1. The Kier molecular flexibility index (Phi) is 22.8. The first-order valence-electron chi connectivity index (χ1n) is 26.9. The van der Waals surface area contributed by atoms with Gasteiger partial charge in [0.15, 0.2) is 5.78 Å². The van der Waals surface area contributed by atoms with Gasteiger partial charge in [0.1, 0.15) is 30.1 Å². The summed E-state index contributed by atoms with van der Waals surface area (Å²) in [6.45, 7) is 16.1. The number of aliphatic hydroxyl groups excluding tert-OH is 2. The normalized spacial score (nSPS) is 37.5. The van der Waals surface area contributed by atoms with Crippen LogP contribution in [0.5, 0.6) is 5.75 Å². The van der Waals surface area contributed by atoms with E-state index in [1.807, 2.05) is 88.4 Å². The van der Waals surface area contributed by atoms with E-state index in [1.165, 1.54) is 12.0 Å². The van der Waals surface area contributed by atoms with Crippen molar-refractivity contribution in [2.24, 2.45) is 35.5 Å². The maximum atomic E-state index is 14.5. The topological polar surface area (TPSA) is 190 Å². The van der Waals surface area contributed by atoms with Crippen molar-refractivity contribution in [3.05, 3.63) is 71.9 Å². The van der Waals surface area contributed by atoms with Crippen molar-refractivity contribution in [2.45, 2.75) is 193 Å². The number of esters is 1. The van der Waals surface area contributed by atoms with Gasteiger partial charge in [-0.05, 0) is 146 Å². The van der Waals surface area contributed by atoms with Crippen molar-refractivity contribution in [3.63, 3.8) is 0 Å². The lowest BCUT2D eigenvalue weighted by Crippen LogP contribution is -2.61. The fraction of sp³-hybridized carbons (Fsp3) is 0.690. The number of fused-ring (bicyclic) bond motifs is 3. The molecule has 14 heteroatoms. The summed E-state index contributed by atoms with van der Waals surface area (Å²) in [7, 11) is 3.06. The van der Waals surface area contributed by atoms with Crippen LogP contribution in [0.2, 0.25) is 0 Å². The smallest absolute Gasteiger partial charge is 0.329 e. The van der Waals surface area contributed by atoms with E-state index in [1.54, 1.807) is 21.0 Å². The van der Waals surface area contributed by atoms with Gasteiger partial charge >= 0.3 is 5.97 Å². The van der Waals surface area contributed by atoms with Gasteiger partial charge in [-0.15, -0.1) is 0 Å². The highest BCUT2D eigenvalue weighted by Gasteiger charge is 2.53. The van der Waals surface area contributed by atoms with Gasteiger partial charge in [0.25, 0.3) is 11.7 Å². The minimum Gasteiger partial charge on any atom is -0.494 e. The van der Waals surface area contributed by atoms with Crippen LogP contribution in [-0.2, 0) is 38.1 Å². The molecular weight excluding hydrogens is 917 g/mol. The van der Waals surface area contributed by atoms with Gasteiger partial charge in [-0.25, -0.2) is 4.79 Å². The zero-order valence-electron chi connectivity index (χ0n) is 44.9. The summed E-state index contributed by atoms with van der Waals surface area (Å²) in [5.41, 5.74) is 2.37. The quantitative estimate of drug-likeness (QED) is 0.104. The second-order valence-electron chi connectivity index (χ2n) is 21.6. The van der Waals surface area contributed by atoms with E-state index in [4.69, 9.17) is 23.7 Å². The maximum Gasteiger partial charge on any atom is 0.329 e. The van der Waals surface area contributed by atoms with Crippen molar-refractivity contribution in [1.82, 2.24) is 4.90 Å². The Hall–Kier alpha value is -4.18. The first-order chi connectivity index (χ1) is 34.3. The van der Waals surface area contributed by atoms with Crippen LogP contribution in [0.1, 0.15) is 139 Å². The number of carbonyl (C=O) groups is 4. The second-order valence-corrected chi connectivity index (χ2v) is 21.6. The van der Waals surface area contributed by atoms with E-state index in [-0.39, 0.29) is 54.1 Å². The monoisotopic (exact) mass is 1000 g/mol. The zero-order valence-corrected chi connectivity index (χ0v) is 44.9. The minimum atomic E-state index is -2.42. The fourth-order valence-corrected chi connectivity index (χ4v) is 11.3. The number of rotatable bonds is 9. The number of hydrogen-bond acceptors (Lipinski definition) is 13. The first-order valence-corrected chi connectivity index (χ1v) is 26.9. The third-order valence-corrected chi connectivity index (χ3v) is 15.8. The Morgan fingerprint density at radius 1 is 0.861 bits per heavy atom. The van der Waals surface area contributed by atoms with Crippen molar-refractivity contribution < 1.29 is 58.2 Å². The molecule has 15 atom stereocenters. The number of ether oxygens (including phenoxy) is 5. The SMILES string of the molecule is CCOc1cccc(N[C@@H]2C[C@@H]3CC[C@@H](C)[C@@](O)(O3)C(=O)C(=O)N3CCCC[C@H]3C(=O)O[C@H]([C@H](C)C[C@H]3CC[C@@H](O)[C@H](OC)C3)CC[C@H](C)/C=C(\C)[C@@H](O)[C@@H](OC)C(=O)[C@H](C)C[C@H](C)/C=C/C=C/C=C/2C)c1. The minimum absolute atomic E-state index is 0.0449. The number of hydrogen-bond donors (Lipinski definition) is 4. The van der Waals surface area contributed by atoms with Gasteiger partial charge in [0, 0.05) is 50.4 Å². The average molecular weight is 1010 g/mol. The third kappa shape index (κ3) is 15.9. The van der Waals surface area contributed by atoms with E-state index in [9.17, 15) is 34.5 Å². The Bertz CT molecular complexity index is 2070. The maximum absolute atomic E-state index is 14.5. The Morgan fingerprint density at radius 3 is 2.35 bits per heavy atom. The number of allylic oxidation sites excluding steroid dienone is 6. The number of aliphatic hydroxyl groups is 3.